The minimum atomic E-state index is -1.07. The Labute approximate surface area is 223 Å². The number of carbonyl (C=O) groups is 3. The molecule has 0 spiro atoms. The predicted octanol–water partition coefficient (Wildman–Crippen LogP) is 4.45. The third-order valence-corrected chi connectivity index (χ3v) is 5.77. The molecule has 0 aliphatic heterocycles. The van der Waals surface area contributed by atoms with Crippen molar-refractivity contribution < 1.29 is 29.0 Å². The number of nitrogens with one attached hydrogen (secondary N) is 2. The van der Waals surface area contributed by atoms with Crippen LogP contribution in [0.4, 0.5) is 10.5 Å². The van der Waals surface area contributed by atoms with Gasteiger partial charge in [-0.1, -0.05) is 6.07 Å². The molecule has 2 rings (SSSR count). The Balaban J connectivity index is 2.48. The van der Waals surface area contributed by atoms with Gasteiger partial charge in [0.1, 0.15) is 29.2 Å². The maximum Gasteiger partial charge on any atom is 0.408 e. The van der Waals surface area contributed by atoms with E-state index in [1.54, 1.807) is 85.1 Å². The lowest BCUT2D eigenvalue weighted by molar-refractivity contribution is -0.142. The molecule has 0 heterocycles. The third-order valence-electron chi connectivity index (χ3n) is 5.40. The number of rotatable bonds is 9. The van der Waals surface area contributed by atoms with Gasteiger partial charge < -0.3 is 30.1 Å². The summed E-state index contributed by atoms with van der Waals surface area (Å²) in [6, 6.07) is 8.99. The summed E-state index contributed by atoms with van der Waals surface area (Å²) in [4.78, 5) is 41.3. The number of anilines is 1. The zero-order chi connectivity index (χ0) is 27.9. The number of alkyl carbamates (subject to hydrolysis) is 1. The molecule has 10 heteroatoms. The molecule has 2 aromatic rings. The standard InChI is InChI=1S/C27H37N3O6S/c1-16(2)30(25(33)21(15-37)29-26(34)36-27(4,5)6)23(18-8-13-22(31)17(3)14-18)24(32)28-19-9-11-20(35-7)12-10-19/h8-14,16,21,23,31,37H,15H2,1-7H3,(H,28,32)(H,29,34). The van der Waals surface area contributed by atoms with Crippen molar-refractivity contribution in [1.29, 1.82) is 0 Å². The fourth-order valence-corrected chi connectivity index (χ4v) is 3.91. The van der Waals surface area contributed by atoms with Crippen LogP contribution in [0, 0.1) is 6.92 Å². The number of nitrogens with zero attached hydrogens (tertiary/aromatic N) is 1. The smallest absolute Gasteiger partial charge is 0.408 e. The molecular formula is C27H37N3O6S. The van der Waals surface area contributed by atoms with Gasteiger partial charge in [0.25, 0.3) is 5.91 Å². The first-order chi connectivity index (χ1) is 17.3. The first-order valence-electron chi connectivity index (χ1n) is 11.9. The summed E-state index contributed by atoms with van der Waals surface area (Å²) in [7, 11) is 1.55. The van der Waals surface area contributed by atoms with Crippen molar-refractivity contribution in [1.82, 2.24) is 10.2 Å². The number of aryl methyl sites for hydroxylation is 1. The average Bonchev–Trinajstić information content (AvgIpc) is 2.81. The molecule has 0 bridgehead atoms. The minimum absolute atomic E-state index is 0.0112. The number of phenolic OH excluding ortho intramolecular Hbond substituents is 1. The van der Waals surface area contributed by atoms with E-state index in [0.717, 1.165) is 0 Å². The van der Waals surface area contributed by atoms with Gasteiger partial charge in [-0.15, -0.1) is 0 Å². The van der Waals surface area contributed by atoms with E-state index in [1.165, 1.54) is 11.0 Å². The molecule has 9 nitrogen and oxygen atoms in total. The fraction of sp³-hybridized carbons (Fsp3) is 0.444. The second-order valence-corrected chi connectivity index (χ2v) is 10.3. The van der Waals surface area contributed by atoms with Gasteiger partial charge in [0.05, 0.1) is 7.11 Å². The van der Waals surface area contributed by atoms with Crippen LogP contribution in [0.15, 0.2) is 42.5 Å². The highest BCUT2D eigenvalue weighted by atomic mass is 32.1. The van der Waals surface area contributed by atoms with E-state index in [2.05, 4.69) is 23.3 Å². The SMILES string of the molecule is COc1ccc(NC(=O)C(c2ccc(O)c(C)c2)N(C(=O)C(CS)NC(=O)OC(C)(C)C)C(C)C)cc1. The van der Waals surface area contributed by atoms with E-state index in [0.29, 0.717) is 22.6 Å². The Morgan fingerprint density at radius 1 is 1.08 bits per heavy atom. The van der Waals surface area contributed by atoms with Crippen molar-refractivity contribution >= 4 is 36.2 Å². The molecule has 0 aliphatic carbocycles. The minimum Gasteiger partial charge on any atom is -0.508 e. The molecule has 0 aromatic heterocycles. The van der Waals surface area contributed by atoms with E-state index < -0.39 is 41.6 Å². The fourth-order valence-electron chi connectivity index (χ4n) is 3.67. The Bertz CT molecular complexity index is 1100. The summed E-state index contributed by atoms with van der Waals surface area (Å²) < 4.78 is 10.5. The Hall–Kier alpha value is -3.40. The largest absolute Gasteiger partial charge is 0.508 e. The van der Waals surface area contributed by atoms with Crippen LogP contribution in [0.2, 0.25) is 0 Å². The lowest BCUT2D eigenvalue weighted by Crippen LogP contribution is -2.55. The highest BCUT2D eigenvalue weighted by Gasteiger charge is 2.37. The molecule has 0 fully saturated rings. The van der Waals surface area contributed by atoms with E-state index in [-0.39, 0.29) is 11.5 Å². The molecule has 0 saturated heterocycles. The molecule has 3 N–H and O–H groups in total. The number of hydrogen-bond donors (Lipinski definition) is 4. The normalized spacial score (nSPS) is 12.9. The van der Waals surface area contributed by atoms with Gasteiger partial charge in [0, 0.05) is 17.5 Å². The van der Waals surface area contributed by atoms with Gasteiger partial charge in [0.15, 0.2) is 0 Å². The van der Waals surface area contributed by atoms with Crippen LogP contribution >= 0.6 is 12.6 Å². The summed E-state index contributed by atoms with van der Waals surface area (Å²) in [5.74, 6) is -0.278. The monoisotopic (exact) mass is 531 g/mol. The number of methoxy groups -OCH3 is 1. The first kappa shape index (κ1) is 29.8. The lowest BCUT2D eigenvalue weighted by Gasteiger charge is -2.37. The molecule has 0 aliphatic rings. The zero-order valence-corrected chi connectivity index (χ0v) is 23.3. The predicted molar refractivity (Wildman–Crippen MR) is 146 cm³/mol. The van der Waals surface area contributed by atoms with Crippen molar-refractivity contribution in [2.75, 3.05) is 18.2 Å². The van der Waals surface area contributed by atoms with E-state index in [9.17, 15) is 19.5 Å². The van der Waals surface area contributed by atoms with Crippen LogP contribution in [0.1, 0.15) is 51.8 Å². The molecule has 0 saturated carbocycles. The number of ether oxygens (including phenoxy) is 2. The molecule has 37 heavy (non-hydrogen) atoms. The van der Waals surface area contributed by atoms with E-state index in [4.69, 9.17) is 9.47 Å². The van der Waals surface area contributed by atoms with Crippen LogP contribution in [0.3, 0.4) is 0 Å². The van der Waals surface area contributed by atoms with Gasteiger partial charge in [-0.2, -0.15) is 12.6 Å². The average molecular weight is 532 g/mol. The van der Waals surface area contributed by atoms with E-state index >= 15 is 0 Å². The Morgan fingerprint density at radius 3 is 2.19 bits per heavy atom. The first-order valence-corrected chi connectivity index (χ1v) is 12.6. The van der Waals surface area contributed by atoms with Crippen LogP contribution in [0.25, 0.3) is 0 Å². The van der Waals surface area contributed by atoms with Crippen LogP contribution in [0.5, 0.6) is 11.5 Å². The second-order valence-electron chi connectivity index (χ2n) is 9.89. The number of benzene rings is 2. The molecule has 2 aromatic carbocycles. The topological polar surface area (TPSA) is 117 Å². The van der Waals surface area contributed by atoms with Gasteiger partial charge in [-0.25, -0.2) is 4.79 Å². The molecule has 0 radical (unpaired) electrons. The maximum atomic E-state index is 13.8. The lowest BCUT2D eigenvalue weighted by atomic mass is 9.99. The van der Waals surface area contributed by atoms with Gasteiger partial charge in [-0.3, -0.25) is 9.59 Å². The molecule has 2 unspecified atom stereocenters. The number of amides is 3. The number of thiol groups is 1. The number of carbonyl (C=O) groups excluding carboxylic acids is 3. The molecular weight excluding hydrogens is 494 g/mol. The summed E-state index contributed by atoms with van der Waals surface area (Å²) in [6.45, 7) is 10.4. The summed E-state index contributed by atoms with van der Waals surface area (Å²) in [5.41, 5.74) is 0.809. The van der Waals surface area contributed by atoms with Crippen molar-refractivity contribution in [3.05, 3.63) is 53.6 Å². The van der Waals surface area contributed by atoms with Gasteiger partial charge >= 0.3 is 6.09 Å². The summed E-state index contributed by atoms with van der Waals surface area (Å²) >= 11 is 4.28. The summed E-state index contributed by atoms with van der Waals surface area (Å²) in [5, 5.41) is 15.5. The van der Waals surface area contributed by atoms with Gasteiger partial charge in [-0.05, 0) is 89.1 Å². The van der Waals surface area contributed by atoms with Gasteiger partial charge in [0.2, 0.25) is 5.91 Å². The Kier molecular flexibility index (Phi) is 10.2. The summed E-state index contributed by atoms with van der Waals surface area (Å²) in [6.07, 6.45) is -0.761. The molecule has 2 atom stereocenters. The number of aromatic hydroxyl groups is 1. The van der Waals surface area contributed by atoms with Crippen molar-refractivity contribution in [2.45, 2.75) is 65.3 Å². The van der Waals surface area contributed by atoms with Crippen LogP contribution in [-0.4, -0.2) is 58.5 Å². The third kappa shape index (κ3) is 8.31. The van der Waals surface area contributed by atoms with Crippen LogP contribution in [-0.2, 0) is 14.3 Å². The van der Waals surface area contributed by atoms with Crippen LogP contribution < -0.4 is 15.4 Å². The quantitative estimate of drug-likeness (QED) is 0.355. The second kappa shape index (κ2) is 12.7. The highest BCUT2D eigenvalue weighted by Crippen LogP contribution is 2.30. The van der Waals surface area contributed by atoms with Crippen molar-refractivity contribution in [3.8, 4) is 11.5 Å². The van der Waals surface area contributed by atoms with Crippen molar-refractivity contribution in [2.24, 2.45) is 0 Å². The molecule has 202 valence electrons. The Morgan fingerprint density at radius 2 is 1.70 bits per heavy atom. The number of phenols is 1. The molecule has 3 amide bonds. The zero-order valence-electron chi connectivity index (χ0n) is 22.4. The number of hydrogen-bond acceptors (Lipinski definition) is 7. The highest BCUT2D eigenvalue weighted by molar-refractivity contribution is 7.80. The maximum absolute atomic E-state index is 13.8. The van der Waals surface area contributed by atoms with E-state index in [1.807, 2.05) is 0 Å². The van der Waals surface area contributed by atoms with Crippen molar-refractivity contribution in [3.63, 3.8) is 0 Å².